The number of sulfonamides is 1. The molecular formula is C18H21NO6S. The van der Waals surface area contributed by atoms with Crippen LogP contribution in [0.25, 0.3) is 0 Å². The van der Waals surface area contributed by atoms with E-state index < -0.39 is 22.0 Å². The molecule has 0 aliphatic rings. The summed E-state index contributed by atoms with van der Waals surface area (Å²) in [5.41, 5.74) is 0.160. The van der Waals surface area contributed by atoms with Crippen LogP contribution in [0.2, 0.25) is 0 Å². The monoisotopic (exact) mass is 379 g/mol. The second-order valence-corrected chi connectivity index (χ2v) is 7.22. The lowest BCUT2D eigenvalue weighted by molar-refractivity contribution is 0.0600. The molecule has 0 heterocycles. The highest BCUT2D eigenvalue weighted by Gasteiger charge is 2.20. The van der Waals surface area contributed by atoms with E-state index in [2.05, 4.69) is 9.46 Å². The van der Waals surface area contributed by atoms with Gasteiger partial charge in [-0.25, -0.2) is 17.9 Å². The number of hydrogen-bond acceptors (Lipinski definition) is 6. The van der Waals surface area contributed by atoms with E-state index in [1.165, 1.54) is 38.5 Å². The Hall–Kier alpha value is -2.58. The first-order chi connectivity index (χ1) is 12.4. The summed E-state index contributed by atoms with van der Waals surface area (Å²) < 4.78 is 42.9. The van der Waals surface area contributed by atoms with Crippen molar-refractivity contribution in [2.45, 2.75) is 17.9 Å². The molecule has 0 aliphatic carbocycles. The Morgan fingerprint density at radius 3 is 2.42 bits per heavy atom. The Labute approximate surface area is 152 Å². The fourth-order valence-corrected chi connectivity index (χ4v) is 3.50. The summed E-state index contributed by atoms with van der Waals surface area (Å²) in [4.78, 5) is 11.5. The summed E-state index contributed by atoms with van der Waals surface area (Å²) in [6.45, 7) is 1.79. The Kier molecular flexibility index (Phi) is 6.59. The third-order valence-corrected chi connectivity index (χ3v) is 5.07. The smallest absolute Gasteiger partial charge is 0.337 e. The van der Waals surface area contributed by atoms with Crippen LogP contribution in [0.3, 0.4) is 0 Å². The molecule has 2 aromatic carbocycles. The van der Waals surface area contributed by atoms with Crippen molar-refractivity contribution in [2.75, 3.05) is 20.8 Å². The molecule has 1 unspecified atom stereocenters. The average molecular weight is 379 g/mol. The van der Waals surface area contributed by atoms with Crippen LogP contribution in [0.1, 0.15) is 17.3 Å². The van der Waals surface area contributed by atoms with E-state index in [1.54, 1.807) is 25.1 Å². The summed E-state index contributed by atoms with van der Waals surface area (Å²) in [5.74, 6) is 0.483. The molecule has 0 bridgehead atoms. The van der Waals surface area contributed by atoms with Gasteiger partial charge in [-0.3, -0.25) is 0 Å². The molecule has 1 atom stereocenters. The molecule has 0 spiro atoms. The van der Waals surface area contributed by atoms with Gasteiger partial charge >= 0.3 is 5.97 Å². The number of ether oxygens (including phenoxy) is 3. The van der Waals surface area contributed by atoms with E-state index in [-0.39, 0.29) is 17.1 Å². The van der Waals surface area contributed by atoms with Crippen molar-refractivity contribution >= 4 is 16.0 Å². The minimum absolute atomic E-state index is 0.0236. The fourth-order valence-electron chi connectivity index (χ4n) is 2.23. The molecule has 0 saturated carbocycles. The molecule has 0 aromatic heterocycles. The second kappa shape index (κ2) is 8.68. The predicted octanol–water partition coefficient (Wildman–Crippen LogP) is 2.23. The summed E-state index contributed by atoms with van der Waals surface area (Å²) >= 11 is 0. The SMILES string of the molecule is COC(=O)c1cccc(S(=O)(=O)NC(C)COc2ccccc2OC)c1. The minimum atomic E-state index is -3.81. The maximum absolute atomic E-state index is 12.5. The highest BCUT2D eigenvalue weighted by Crippen LogP contribution is 2.25. The first-order valence-corrected chi connectivity index (χ1v) is 9.32. The lowest BCUT2D eigenvalue weighted by atomic mass is 10.2. The molecular weight excluding hydrogens is 358 g/mol. The van der Waals surface area contributed by atoms with Crippen molar-refractivity contribution in [1.82, 2.24) is 4.72 Å². The number of rotatable bonds is 8. The predicted molar refractivity (Wildman–Crippen MR) is 96.1 cm³/mol. The number of para-hydroxylation sites is 2. The molecule has 7 nitrogen and oxygen atoms in total. The van der Waals surface area contributed by atoms with E-state index in [9.17, 15) is 13.2 Å². The topological polar surface area (TPSA) is 90.9 Å². The van der Waals surface area contributed by atoms with Gasteiger partial charge in [0.05, 0.1) is 30.7 Å². The third kappa shape index (κ3) is 4.96. The van der Waals surface area contributed by atoms with Crippen molar-refractivity contribution in [3.05, 3.63) is 54.1 Å². The lowest BCUT2D eigenvalue weighted by Gasteiger charge is -2.16. The van der Waals surface area contributed by atoms with E-state index in [4.69, 9.17) is 9.47 Å². The number of hydrogen-bond donors (Lipinski definition) is 1. The van der Waals surface area contributed by atoms with Crippen LogP contribution in [0.4, 0.5) is 0 Å². The van der Waals surface area contributed by atoms with Crippen LogP contribution in [0, 0.1) is 0 Å². The van der Waals surface area contributed by atoms with E-state index in [0.717, 1.165) is 0 Å². The van der Waals surface area contributed by atoms with Crippen molar-refractivity contribution in [3.63, 3.8) is 0 Å². The van der Waals surface area contributed by atoms with Crippen molar-refractivity contribution in [3.8, 4) is 11.5 Å². The molecule has 26 heavy (non-hydrogen) atoms. The Morgan fingerprint density at radius 1 is 1.08 bits per heavy atom. The molecule has 1 N–H and O–H groups in total. The number of benzene rings is 2. The van der Waals surface area contributed by atoms with Gasteiger partial charge in [0.1, 0.15) is 6.61 Å². The standard InChI is InChI=1S/C18H21NO6S/c1-13(12-25-17-10-5-4-9-16(17)23-2)19-26(21,22)15-8-6-7-14(11-15)18(20)24-3/h4-11,13,19H,12H2,1-3H3. The van der Waals surface area contributed by atoms with Crippen molar-refractivity contribution in [2.24, 2.45) is 0 Å². The second-order valence-electron chi connectivity index (χ2n) is 5.50. The van der Waals surface area contributed by atoms with Gasteiger partial charge < -0.3 is 14.2 Å². The van der Waals surface area contributed by atoms with Crippen molar-refractivity contribution in [1.29, 1.82) is 0 Å². The van der Waals surface area contributed by atoms with Crippen LogP contribution in [-0.4, -0.2) is 41.3 Å². The Morgan fingerprint density at radius 2 is 1.77 bits per heavy atom. The maximum atomic E-state index is 12.5. The lowest BCUT2D eigenvalue weighted by Crippen LogP contribution is -2.36. The first-order valence-electron chi connectivity index (χ1n) is 7.84. The van der Waals surface area contributed by atoms with Gasteiger partial charge in [0, 0.05) is 0 Å². The first kappa shape index (κ1) is 19.7. The van der Waals surface area contributed by atoms with Crippen molar-refractivity contribution < 1.29 is 27.4 Å². The molecule has 2 aromatic rings. The van der Waals surface area contributed by atoms with E-state index in [0.29, 0.717) is 11.5 Å². The summed E-state index contributed by atoms with van der Waals surface area (Å²) in [5, 5.41) is 0. The number of esters is 1. The molecule has 8 heteroatoms. The maximum Gasteiger partial charge on any atom is 0.337 e. The zero-order chi connectivity index (χ0) is 19.2. The summed E-state index contributed by atoms with van der Waals surface area (Å²) in [6, 6.07) is 12.2. The zero-order valence-corrected chi connectivity index (χ0v) is 15.6. The van der Waals surface area contributed by atoms with Crippen LogP contribution < -0.4 is 14.2 Å². The Bertz CT molecular complexity index is 865. The van der Waals surface area contributed by atoms with Gasteiger partial charge in [0.15, 0.2) is 11.5 Å². The molecule has 0 aliphatic heterocycles. The van der Waals surface area contributed by atoms with Gasteiger partial charge in [-0.2, -0.15) is 0 Å². The van der Waals surface area contributed by atoms with Gasteiger partial charge in [0.2, 0.25) is 10.0 Å². The van der Waals surface area contributed by atoms with Crippen LogP contribution >= 0.6 is 0 Å². The summed E-state index contributed by atoms with van der Waals surface area (Å²) in [7, 11) is -1.05. The molecule has 0 fully saturated rings. The molecule has 0 saturated heterocycles. The number of carbonyl (C=O) groups excluding carboxylic acids is 1. The molecule has 0 radical (unpaired) electrons. The number of carbonyl (C=O) groups is 1. The van der Waals surface area contributed by atoms with Gasteiger partial charge in [0.25, 0.3) is 0 Å². The van der Waals surface area contributed by atoms with E-state index in [1.807, 2.05) is 6.07 Å². The highest BCUT2D eigenvalue weighted by molar-refractivity contribution is 7.89. The molecule has 140 valence electrons. The molecule has 0 amide bonds. The van der Waals surface area contributed by atoms with Crippen LogP contribution in [0.5, 0.6) is 11.5 Å². The summed E-state index contributed by atoms with van der Waals surface area (Å²) in [6.07, 6.45) is 0. The fraction of sp³-hybridized carbons (Fsp3) is 0.278. The largest absolute Gasteiger partial charge is 0.493 e. The average Bonchev–Trinajstić information content (AvgIpc) is 2.65. The van der Waals surface area contributed by atoms with Crippen LogP contribution in [0.15, 0.2) is 53.4 Å². The van der Waals surface area contributed by atoms with Gasteiger partial charge in [-0.1, -0.05) is 18.2 Å². The molecule has 2 rings (SSSR count). The van der Waals surface area contributed by atoms with Gasteiger partial charge in [-0.15, -0.1) is 0 Å². The third-order valence-electron chi connectivity index (χ3n) is 3.48. The highest BCUT2D eigenvalue weighted by atomic mass is 32.2. The van der Waals surface area contributed by atoms with Crippen LogP contribution in [-0.2, 0) is 14.8 Å². The number of nitrogens with one attached hydrogen (secondary N) is 1. The quantitative estimate of drug-likeness (QED) is 0.708. The zero-order valence-electron chi connectivity index (χ0n) is 14.8. The van der Waals surface area contributed by atoms with Gasteiger partial charge in [-0.05, 0) is 37.3 Å². The normalized spacial score (nSPS) is 12.3. The van der Waals surface area contributed by atoms with E-state index >= 15 is 0 Å². The minimum Gasteiger partial charge on any atom is -0.493 e. The number of methoxy groups -OCH3 is 2. The Balaban J connectivity index is 2.05.